The molecule has 0 aliphatic heterocycles. The van der Waals surface area contributed by atoms with E-state index in [1.165, 1.54) is 6.92 Å². The Morgan fingerprint density at radius 2 is 1.56 bits per heavy atom. The molecule has 0 aliphatic carbocycles. The van der Waals surface area contributed by atoms with Crippen LogP contribution in [0.3, 0.4) is 0 Å². The lowest BCUT2D eigenvalue weighted by atomic mass is 10.3. The summed E-state index contributed by atoms with van der Waals surface area (Å²) in [6.07, 6.45) is 0. The van der Waals surface area contributed by atoms with Crippen molar-refractivity contribution in [3.8, 4) is 0 Å². The van der Waals surface area contributed by atoms with E-state index >= 15 is 0 Å². The zero-order chi connectivity index (χ0) is 7.86. The molecule has 0 aliphatic rings. The normalized spacial score (nSPS) is 8.11. The van der Waals surface area contributed by atoms with Gasteiger partial charge in [0.15, 0.2) is 0 Å². The van der Waals surface area contributed by atoms with E-state index in [1.54, 1.807) is 0 Å². The quantitative estimate of drug-likeness (QED) is 0.467. The lowest BCUT2D eigenvalue weighted by molar-refractivity contribution is -0.131. The fourth-order valence-corrected chi connectivity index (χ4v) is 0. The number of rotatable bonds is 0. The molecular weight excluding hydrogens is 132 g/mol. The van der Waals surface area contributed by atoms with Crippen LogP contribution in [0.25, 0.3) is 0 Å². The summed E-state index contributed by atoms with van der Waals surface area (Å²) in [4.78, 5) is 9.62. The molecule has 9 heavy (non-hydrogen) atoms. The molecule has 0 heterocycles. The van der Waals surface area contributed by atoms with Gasteiger partial charge < -0.3 is 4.43 Å². The first kappa shape index (κ1) is 11.5. The van der Waals surface area contributed by atoms with E-state index < -0.39 is 0 Å². The second kappa shape index (κ2) is 7.69. The van der Waals surface area contributed by atoms with Crippen LogP contribution in [0, 0.1) is 5.92 Å². The van der Waals surface area contributed by atoms with Crippen LogP contribution in [0.1, 0.15) is 27.7 Å². The summed E-state index contributed by atoms with van der Waals surface area (Å²) in [5.41, 5.74) is 0. The van der Waals surface area contributed by atoms with Crippen molar-refractivity contribution >= 4 is 16.5 Å². The Labute approximate surface area is 60.1 Å². The predicted molar refractivity (Wildman–Crippen MR) is 42.2 cm³/mol. The molecule has 0 spiro atoms. The van der Waals surface area contributed by atoms with E-state index in [2.05, 4.69) is 25.2 Å². The highest BCUT2D eigenvalue weighted by Crippen LogP contribution is 1.81. The molecule has 0 aromatic carbocycles. The van der Waals surface area contributed by atoms with Crippen molar-refractivity contribution in [2.75, 3.05) is 0 Å². The van der Waals surface area contributed by atoms with Gasteiger partial charge in [-0.15, -0.1) is 0 Å². The summed E-state index contributed by atoms with van der Waals surface area (Å²) in [5.74, 6) is 0.650. The minimum atomic E-state index is -0.184. The lowest BCUT2D eigenvalue weighted by Gasteiger charge is -1.82. The van der Waals surface area contributed by atoms with Crippen molar-refractivity contribution in [1.82, 2.24) is 0 Å². The van der Waals surface area contributed by atoms with Crippen LogP contribution in [0.5, 0.6) is 0 Å². The molecule has 0 fully saturated rings. The van der Waals surface area contributed by atoms with E-state index in [-0.39, 0.29) is 5.97 Å². The summed E-state index contributed by atoms with van der Waals surface area (Å²) in [6.45, 7) is 7.90. The fraction of sp³-hybridized carbons (Fsp3) is 0.833. The largest absolute Gasteiger partial charge is 0.529 e. The summed E-state index contributed by atoms with van der Waals surface area (Å²) in [5, 5.41) is 0. The molecule has 56 valence electrons. The van der Waals surface area contributed by atoms with Crippen molar-refractivity contribution in [3.05, 3.63) is 0 Å². The fourth-order valence-electron chi connectivity index (χ4n) is 0. The molecule has 0 radical (unpaired) electrons. The molecule has 0 aromatic heterocycles. The molecule has 0 saturated heterocycles. The summed E-state index contributed by atoms with van der Waals surface area (Å²) >= 11 is 0. The molecule has 0 saturated carbocycles. The van der Waals surface area contributed by atoms with Gasteiger partial charge in [0.2, 0.25) is 10.5 Å². The first-order chi connectivity index (χ1) is 4.00. The van der Waals surface area contributed by atoms with E-state index in [1.807, 2.05) is 0 Å². The van der Waals surface area contributed by atoms with Gasteiger partial charge in [-0.2, -0.15) is 0 Å². The highest BCUT2D eigenvalue weighted by atomic mass is 28.2. The van der Waals surface area contributed by atoms with Crippen LogP contribution < -0.4 is 0 Å². The molecule has 0 aromatic rings. The average Bonchev–Trinajstić information content (AvgIpc) is 1.65. The van der Waals surface area contributed by atoms with Crippen molar-refractivity contribution in [2.24, 2.45) is 5.92 Å². The molecule has 0 N–H and O–H groups in total. The van der Waals surface area contributed by atoms with Gasteiger partial charge in [0, 0.05) is 6.92 Å². The highest BCUT2D eigenvalue weighted by Gasteiger charge is 1.74. The molecule has 0 unspecified atom stereocenters. The van der Waals surface area contributed by atoms with Crippen LogP contribution in [-0.4, -0.2) is 16.5 Å². The predicted octanol–water partition coefficient (Wildman–Crippen LogP) is 0.492. The zero-order valence-electron chi connectivity index (χ0n) is 6.89. The van der Waals surface area contributed by atoms with Crippen LogP contribution in [0.15, 0.2) is 0 Å². The van der Waals surface area contributed by atoms with Gasteiger partial charge in [-0.25, -0.2) is 0 Å². The molecular formula is C6H16O2Si. The average molecular weight is 148 g/mol. The molecule has 0 bridgehead atoms. The summed E-state index contributed by atoms with van der Waals surface area (Å²) in [6, 6.07) is 0. The zero-order valence-corrected chi connectivity index (χ0v) is 8.89. The van der Waals surface area contributed by atoms with Crippen LogP contribution in [0.2, 0.25) is 0 Å². The second-order valence-electron chi connectivity index (χ2n) is 2.43. The smallest absolute Gasteiger partial charge is 0.288 e. The molecule has 0 rings (SSSR count). The van der Waals surface area contributed by atoms with Crippen molar-refractivity contribution in [1.29, 1.82) is 0 Å². The molecule has 0 atom stereocenters. The molecule has 3 heteroatoms. The minimum Gasteiger partial charge on any atom is -0.529 e. The monoisotopic (exact) mass is 148 g/mol. The van der Waals surface area contributed by atoms with E-state index in [9.17, 15) is 4.79 Å². The number of carbonyl (C=O) groups excluding carboxylic acids is 1. The number of hydrogen-bond donors (Lipinski definition) is 0. The van der Waals surface area contributed by atoms with Gasteiger partial charge in [0.25, 0.3) is 5.97 Å². The topological polar surface area (TPSA) is 26.3 Å². The first-order valence-corrected chi connectivity index (χ1v) is 3.87. The maximum atomic E-state index is 9.62. The Morgan fingerprint density at radius 1 is 1.44 bits per heavy atom. The van der Waals surface area contributed by atoms with Crippen molar-refractivity contribution in [3.63, 3.8) is 0 Å². The molecule has 0 amide bonds. The third-order valence-corrected chi connectivity index (χ3v) is 0.862. The Bertz CT molecular complexity index is 68.7. The Morgan fingerprint density at radius 3 is 1.56 bits per heavy atom. The second-order valence-corrected chi connectivity index (χ2v) is 2.84. The SMILES string of the molecule is CC(=O)O[SiH3].CC(C)C. The van der Waals surface area contributed by atoms with Gasteiger partial charge in [0.1, 0.15) is 0 Å². The summed E-state index contributed by atoms with van der Waals surface area (Å²) in [7, 11) is 0.524. The minimum absolute atomic E-state index is 0.184. The number of carbonyl (C=O) groups is 1. The number of hydrogen-bond acceptors (Lipinski definition) is 2. The van der Waals surface area contributed by atoms with Crippen LogP contribution in [-0.2, 0) is 9.22 Å². The van der Waals surface area contributed by atoms with Crippen LogP contribution >= 0.6 is 0 Å². The van der Waals surface area contributed by atoms with E-state index in [0.29, 0.717) is 10.5 Å². The van der Waals surface area contributed by atoms with Gasteiger partial charge in [0.05, 0.1) is 0 Å². The summed E-state index contributed by atoms with van der Waals surface area (Å²) < 4.78 is 4.25. The van der Waals surface area contributed by atoms with Gasteiger partial charge in [-0.05, 0) is 5.92 Å². The van der Waals surface area contributed by atoms with Gasteiger partial charge in [-0.1, -0.05) is 20.8 Å². The Balaban J connectivity index is 0. The maximum absolute atomic E-state index is 9.62. The van der Waals surface area contributed by atoms with Crippen LogP contribution in [0.4, 0.5) is 0 Å². The van der Waals surface area contributed by atoms with Crippen molar-refractivity contribution < 1.29 is 9.22 Å². The van der Waals surface area contributed by atoms with E-state index in [4.69, 9.17) is 0 Å². The third kappa shape index (κ3) is 87.4. The Hall–Kier alpha value is -0.313. The van der Waals surface area contributed by atoms with Gasteiger partial charge >= 0.3 is 0 Å². The Kier molecular flexibility index (Phi) is 9.80. The molecule has 2 nitrogen and oxygen atoms in total. The highest BCUT2D eigenvalue weighted by molar-refractivity contribution is 6.04. The maximum Gasteiger partial charge on any atom is 0.288 e. The standard InChI is InChI=1S/C4H10.C2H6O2Si/c1-4(2)3;1-2(3)4-5/h4H,1-3H3;1,5H3. The van der Waals surface area contributed by atoms with Crippen molar-refractivity contribution in [2.45, 2.75) is 27.7 Å². The third-order valence-electron chi connectivity index (χ3n) is 0.287. The van der Waals surface area contributed by atoms with Gasteiger partial charge in [-0.3, -0.25) is 4.79 Å². The lowest BCUT2D eigenvalue weighted by Crippen LogP contribution is -1.90. The first-order valence-electron chi connectivity index (χ1n) is 3.05. The van der Waals surface area contributed by atoms with E-state index in [0.717, 1.165) is 5.92 Å².